The number of imidazole rings is 1. The van der Waals surface area contributed by atoms with Gasteiger partial charge in [0.2, 0.25) is 6.33 Å². The van der Waals surface area contributed by atoms with Crippen molar-refractivity contribution in [3.8, 4) is 0 Å². The van der Waals surface area contributed by atoms with E-state index in [1.54, 1.807) is 0 Å². The number of nitrogens with zero attached hydrogens (tertiary/aromatic N) is 2. The van der Waals surface area contributed by atoms with Crippen LogP contribution in [0.1, 0.15) is 32.4 Å². The summed E-state index contributed by atoms with van der Waals surface area (Å²) in [6.07, 6.45) is 8.18. The molecule has 0 N–H and O–H groups in total. The number of hydrogen-bond acceptors (Lipinski definition) is 0. The standard InChI is InChI=1S/C10H19N2.ClH/c1-4-6-7-10-8-12(5-2)9-11(10)3;/h8-9H,4-7H2,1-3H3;1H/q+1;/p-1. The molecule has 0 unspecified atom stereocenters. The van der Waals surface area contributed by atoms with Crippen LogP contribution >= 0.6 is 0 Å². The molecule has 0 aliphatic carbocycles. The molecule has 1 rings (SSSR count). The zero-order valence-corrected chi connectivity index (χ0v) is 9.51. The van der Waals surface area contributed by atoms with Crippen molar-refractivity contribution in [2.45, 2.75) is 39.7 Å². The number of aryl methyl sites for hydroxylation is 3. The SMILES string of the molecule is CCCCc1c[n+](CC)cn1C.[Cl-]. The van der Waals surface area contributed by atoms with Gasteiger partial charge in [-0.3, -0.25) is 0 Å². The molecule has 2 nitrogen and oxygen atoms in total. The first-order valence-electron chi connectivity index (χ1n) is 4.82. The third-order valence-corrected chi connectivity index (χ3v) is 2.24. The Labute approximate surface area is 87.0 Å². The van der Waals surface area contributed by atoms with Gasteiger partial charge in [0.05, 0.1) is 13.6 Å². The van der Waals surface area contributed by atoms with Gasteiger partial charge in [-0.05, 0) is 13.3 Å². The molecule has 0 atom stereocenters. The summed E-state index contributed by atoms with van der Waals surface area (Å²) in [5, 5.41) is 0. The van der Waals surface area contributed by atoms with Crippen LogP contribution in [0.5, 0.6) is 0 Å². The smallest absolute Gasteiger partial charge is 0.243 e. The Morgan fingerprint density at radius 1 is 1.38 bits per heavy atom. The lowest BCUT2D eigenvalue weighted by molar-refractivity contribution is -0.693. The summed E-state index contributed by atoms with van der Waals surface area (Å²) in [6, 6.07) is 0. The van der Waals surface area contributed by atoms with Crippen molar-refractivity contribution in [1.29, 1.82) is 0 Å². The van der Waals surface area contributed by atoms with Gasteiger partial charge in [-0.2, -0.15) is 0 Å². The minimum Gasteiger partial charge on any atom is -1.00 e. The first-order valence-corrected chi connectivity index (χ1v) is 4.82. The van der Waals surface area contributed by atoms with E-state index in [-0.39, 0.29) is 12.4 Å². The van der Waals surface area contributed by atoms with Crippen LogP contribution in [-0.2, 0) is 20.0 Å². The molecule has 13 heavy (non-hydrogen) atoms. The van der Waals surface area contributed by atoms with Crippen LogP contribution in [0.15, 0.2) is 12.5 Å². The largest absolute Gasteiger partial charge is 1.00 e. The fraction of sp³-hybridized carbons (Fsp3) is 0.700. The summed E-state index contributed by atoms with van der Waals surface area (Å²) in [6.45, 7) is 5.47. The molecule has 0 aliphatic heterocycles. The van der Waals surface area contributed by atoms with Crippen LogP contribution < -0.4 is 17.0 Å². The summed E-state index contributed by atoms with van der Waals surface area (Å²) < 4.78 is 4.45. The van der Waals surface area contributed by atoms with E-state index >= 15 is 0 Å². The molecule has 0 bridgehead atoms. The molecule has 0 saturated heterocycles. The highest BCUT2D eigenvalue weighted by molar-refractivity contribution is 4.92. The molecular formula is C10H19ClN2. The number of aromatic nitrogens is 2. The molecule has 0 saturated carbocycles. The molecule has 0 aliphatic rings. The molecule has 0 fully saturated rings. The van der Waals surface area contributed by atoms with Crippen molar-refractivity contribution in [3.63, 3.8) is 0 Å². The van der Waals surface area contributed by atoms with Gasteiger partial charge < -0.3 is 12.4 Å². The Hall–Kier alpha value is -0.500. The Kier molecular flexibility index (Phi) is 5.80. The van der Waals surface area contributed by atoms with Crippen LogP contribution in [0.2, 0.25) is 0 Å². The van der Waals surface area contributed by atoms with E-state index in [9.17, 15) is 0 Å². The van der Waals surface area contributed by atoms with E-state index in [4.69, 9.17) is 0 Å². The van der Waals surface area contributed by atoms with Crippen molar-refractivity contribution in [3.05, 3.63) is 18.2 Å². The number of rotatable bonds is 4. The van der Waals surface area contributed by atoms with E-state index in [0.29, 0.717) is 0 Å². The van der Waals surface area contributed by atoms with Gasteiger partial charge in [0.15, 0.2) is 0 Å². The predicted molar refractivity (Wildman–Crippen MR) is 49.9 cm³/mol. The Morgan fingerprint density at radius 2 is 2.08 bits per heavy atom. The minimum absolute atomic E-state index is 0. The number of unbranched alkanes of at least 4 members (excludes halogenated alkanes) is 1. The van der Waals surface area contributed by atoms with Gasteiger partial charge in [0.1, 0.15) is 11.9 Å². The van der Waals surface area contributed by atoms with Gasteiger partial charge in [-0.25, -0.2) is 9.13 Å². The lowest BCUT2D eigenvalue weighted by atomic mass is 10.2. The summed E-state index contributed by atoms with van der Waals surface area (Å²) in [5.74, 6) is 0. The predicted octanol–water partition coefficient (Wildman–Crippen LogP) is -1.32. The molecule has 0 spiro atoms. The second-order valence-electron chi connectivity index (χ2n) is 3.28. The van der Waals surface area contributed by atoms with E-state index in [1.807, 2.05) is 0 Å². The number of halogens is 1. The second kappa shape index (κ2) is 6.03. The Bertz CT molecular complexity index is 243. The topological polar surface area (TPSA) is 8.81 Å². The van der Waals surface area contributed by atoms with Crippen LogP contribution in [0, 0.1) is 0 Å². The first-order chi connectivity index (χ1) is 5.77. The van der Waals surface area contributed by atoms with Gasteiger partial charge in [-0.1, -0.05) is 13.3 Å². The maximum Gasteiger partial charge on any atom is 0.243 e. The first kappa shape index (κ1) is 12.5. The highest BCUT2D eigenvalue weighted by atomic mass is 35.5. The van der Waals surface area contributed by atoms with Gasteiger partial charge in [-0.15, -0.1) is 0 Å². The molecule has 3 heteroatoms. The molecule has 0 amide bonds. The fourth-order valence-electron chi connectivity index (χ4n) is 1.38. The summed E-state index contributed by atoms with van der Waals surface area (Å²) >= 11 is 0. The van der Waals surface area contributed by atoms with Crippen LogP contribution in [0.4, 0.5) is 0 Å². The molecule has 1 aromatic rings. The minimum atomic E-state index is 0. The van der Waals surface area contributed by atoms with Crippen LogP contribution in [-0.4, -0.2) is 4.57 Å². The monoisotopic (exact) mass is 202 g/mol. The third-order valence-electron chi connectivity index (χ3n) is 2.24. The van der Waals surface area contributed by atoms with Crippen molar-refractivity contribution >= 4 is 0 Å². The quantitative estimate of drug-likeness (QED) is 0.536. The maximum absolute atomic E-state index is 2.25. The molecule has 0 radical (unpaired) electrons. The summed E-state index contributed by atoms with van der Waals surface area (Å²) in [4.78, 5) is 0. The van der Waals surface area contributed by atoms with Crippen LogP contribution in [0.3, 0.4) is 0 Å². The van der Waals surface area contributed by atoms with Gasteiger partial charge >= 0.3 is 0 Å². The Morgan fingerprint density at radius 3 is 2.54 bits per heavy atom. The Balaban J connectivity index is 0.00000144. The van der Waals surface area contributed by atoms with Crippen LogP contribution in [0.25, 0.3) is 0 Å². The van der Waals surface area contributed by atoms with Crippen molar-refractivity contribution in [2.24, 2.45) is 7.05 Å². The number of hydrogen-bond donors (Lipinski definition) is 0. The van der Waals surface area contributed by atoms with Crippen molar-refractivity contribution in [2.75, 3.05) is 0 Å². The zero-order chi connectivity index (χ0) is 8.97. The average Bonchev–Trinajstić information content (AvgIpc) is 2.43. The fourth-order valence-corrected chi connectivity index (χ4v) is 1.38. The van der Waals surface area contributed by atoms with E-state index in [2.05, 4.69) is 42.6 Å². The molecule has 1 aromatic heterocycles. The second-order valence-corrected chi connectivity index (χ2v) is 3.28. The lowest BCUT2D eigenvalue weighted by Gasteiger charge is -1.92. The third kappa shape index (κ3) is 3.39. The van der Waals surface area contributed by atoms with E-state index < -0.39 is 0 Å². The molecule has 1 heterocycles. The lowest BCUT2D eigenvalue weighted by Crippen LogP contribution is -3.00. The highest BCUT2D eigenvalue weighted by Crippen LogP contribution is 2.01. The zero-order valence-electron chi connectivity index (χ0n) is 8.76. The van der Waals surface area contributed by atoms with Gasteiger partial charge in [0.25, 0.3) is 0 Å². The van der Waals surface area contributed by atoms with Crippen molar-refractivity contribution < 1.29 is 17.0 Å². The molecule has 0 aromatic carbocycles. The normalized spacial score (nSPS) is 9.77. The molecule has 76 valence electrons. The average molecular weight is 203 g/mol. The van der Waals surface area contributed by atoms with E-state index in [1.165, 1.54) is 25.0 Å². The summed E-state index contributed by atoms with van der Waals surface area (Å²) in [5.41, 5.74) is 1.44. The highest BCUT2D eigenvalue weighted by Gasteiger charge is 2.07. The van der Waals surface area contributed by atoms with Gasteiger partial charge in [0, 0.05) is 6.42 Å². The molecular weight excluding hydrogens is 184 g/mol. The van der Waals surface area contributed by atoms with Crippen molar-refractivity contribution in [1.82, 2.24) is 4.57 Å². The van der Waals surface area contributed by atoms with E-state index in [0.717, 1.165) is 6.54 Å². The summed E-state index contributed by atoms with van der Waals surface area (Å²) in [7, 11) is 2.12. The maximum atomic E-state index is 2.25.